The van der Waals surface area contributed by atoms with Crippen LogP contribution in [0.25, 0.3) is 0 Å². The second kappa shape index (κ2) is 5.83. The maximum absolute atomic E-state index is 12.9. The predicted octanol–water partition coefficient (Wildman–Crippen LogP) is 2.23. The molecule has 1 aromatic carbocycles. The Kier molecular flexibility index (Phi) is 4.32. The molecule has 0 aliphatic heterocycles. The monoisotopic (exact) mass is 287 g/mol. The molecule has 6 heteroatoms. The number of benzene rings is 1. The Hall–Kier alpha value is -1.56. The first-order chi connectivity index (χ1) is 9.43. The van der Waals surface area contributed by atoms with Crippen molar-refractivity contribution >= 4 is 5.91 Å². The van der Waals surface area contributed by atoms with Crippen molar-refractivity contribution in [1.29, 1.82) is 0 Å². The Labute approximate surface area is 115 Å². The highest BCUT2D eigenvalue weighted by Gasteiger charge is 2.35. The molecule has 1 saturated carbocycles. The van der Waals surface area contributed by atoms with E-state index in [1.54, 1.807) is 0 Å². The van der Waals surface area contributed by atoms with Crippen LogP contribution in [0.2, 0.25) is 0 Å². The lowest BCUT2D eigenvalue weighted by atomic mass is 10.0. The van der Waals surface area contributed by atoms with Gasteiger partial charge in [-0.3, -0.25) is 4.79 Å². The van der Waals surface area contributed by atoms with Crippen molar-refractivity contribution < 1.29 is 23.1 Å². The highest BCUT2D eigenvalue weighted by molar-refractivity contribution is 5.79. The van der Waals surface area contributed by atoms with Crippen LogP contribution in [0.1, 0.15) is 24.0 Å². The number of halogens is 3. The molecule has 0 heterocycles. The zero-order valence-electron chi connectivity index (χ0n) is 10.9. The van der Waals surface area contributed by atoms with E-state index in [1.807, 2.05) is 0 Å². The number of amides is 1. The summed E-state index contributed by atoms with van der Waals surface area (Å²) in [6.45, 7) is 0.000836. The zero-order chi connectivity index (χ0) is 14.8. The largest absolute Gasteiger partial charge is 0.416 e. The first-order valence-electron chi connectivity index (χ1n) is 6.49. The molecule has 0 unspecified atom stereocenters. The van der Waals surface area contributed by atoms with Gasteiger partial charge in [-0.15, -0.1) is 0 Å². The fraction of sp³-hybridized carbons (Fsp3) is 0.500. The summed E-state index contributed by atoms with van der Waals surface area (Å²) in [7, 11) is 0. The summed E-state index contributed by atoms with van der Waals surface area (Å²) in [6.07, 6.45) is -3.04. The van der Waals surface area contributed by atoms with Gasteiger partial charge < -0.3 is 10.0 Å². The summed E-state index contributed by atoms with van der Waals surface area (Å²) in [5, 5.41) is 8.94. The number of nitrogens with zero attached hydrogens (tertiary/aromatic N) is 1. The van der Waals surface area contributed by atoms with E-state index in [0.29, 0.717) is 0 Å². The number of hydrogen-bond acceptors (Lipinski definition) is 2. The predicted molar refractivity (Wildman–Crippen MR) is 67.0 cm³/mol. The normalized spacial score (nSPS) is 15.2. The Morgan fingerprint density at radius 1 is 1.30 bits per heavy atom. The first-order valence-corrected chi connectivity index (χ1v) is 6.49. The maximum atomic E-state index is 12.9. The van der Waals surface area contributed by atoms with E-state index >= 15 is 0 Å². The lowest BCUT2D eigenvalue weighted by molar-refractivity contribution is -0.138. The molecule has 0 saturated heterocycles. The third-order valence-electron chi connectivity index (χ3n) is 3.31. The van der Waals surface area contributed by atoms with Gasteiger partial charge in [-0.2, -0.15) is 13.2 Å². The van der Waals surface area contributed by atoms with E-state index in [0.717, 1.165) is 18.9 Å². The van der Waals surface area contributed by atoms with Crippen LogP contribution in [0.15, 0.2) is 24.3 Å². The van der Waals surface area contributed by atoms with Crippen LogP contribution in [0, 0.1) is 0 Å². The average Bonchev–Trinajstić information content (AvgIpc) is 3.19. The van der Waals surface area contributed by atoms with Crippen molar-refractivity contribution in [2.24, 2.45) is 0 Å². The lowest BCUT2D eigenvalue weighted by Crippen LogP contribution is -2.36. The standard InChI is InChI=1S/C14H16F3NO2/c15-14(16,17)12-4-2-1-3-10(12)9-13(20)18(7-8-19)11-5-6-11/h1-4,11,19H,5-9H2. The average molecular weight is 287 g/mol. The molecule has 0 aromatic heterocycles. The smallest absolute Gasteiger partial charge is 0.395 e. The van der Waals surface area contributed by atoms with Crippen molar-refractivity contribution in [2.45, 2.75) is 31.5 Å². The molecular weight excluding hydrogens is 271 g/mol. The molecular formula is C14H16F3NO2. The van der Waals surface area contributed by atoms with Crippen molar-refractivity contribution in [3.63, 3.8) is 0 Å². The molecule has 1 fully saturated rings. The number of aliphatic hydroxyl groups excluding tert-OH is 1. The number of aliphatic hydroxyl groups is 1. The third-order valence-corrected chi connectivity index (χ3v) is 3.31. The Morgan fingerprint density at radius 2 is 1.95 bits per heavy atom. The van der Waals surface area contributed by atoms with E-state index in [9.17, 15) is 18.0 Å². The Balaban J connectivity index is 2.15. The number of carbonyl (C=O) groups is 1. The topological polar surface area (TPSA) is 40.5 Å². The van der Waals surface area contributed by atoms with Crippen LogP contribution in [-0.4, -0.2) is 35.1 Å². The summed E-state index contributed by atoms with van der Waals surface area (Å²) in [5.74, 6) is -0.363. The van der Waals surface area contributed by atoms with Gasteiger partial charge in [0.05, 0.1) is 18.6 Å². The molecule has 1 amide bonds. The van der Waals surface area contributed by atoms with Gasteiger partial charge in [-0.1, -0.05) is 18.2 Å². The first kappa shape index (κ1) is 14.8. The molecule has 1 aliphatic carbocycles. The number of rotatable bonds is 5. The van der Waals surface area contributed by atoms with Crippen LogP contribution < -0.4 is 0 Å². The molecule has 0 bridgehead atoms. The SMILES string of the molecule is O=C(Cc1ccccc1C(F)(F)F)N(CCO)C1CC1. The number of hydrogen-bond donors (Lipinski definition) is 1. The molecule has 1 aliphatic rings. The van der Waals surface area contributed by atoms with E-state index in [1.165, 1.54) is 23.1 Å². The molecule has 3 nitrogen and oxygen atoms in total. The Bertz CT molecular complexity index is 484. The lowest BCUT2D eigenvalue weighted by Gasteiger charge is -2.22. The summed E-state index contributed by atoms with van der Waals surface area (Å²) in [4.78, 5) is 13.6. The summed E-state index contributed by atoms with van der Waals surface area (Å²) >= 11 is 0. The van der Waals surface area contributed by atoms with E-state index in [-0.39, 0.29) is 37.1 Å². The fourth-order valence-corrected chi connectivity index (χ4v) is 2.22. The van der Waals surface area contributed by atoms with Crippen LogP contribution >= 0.6 is 0 Å². The second-order valence-corrected chi connectivity index (χ2v) is 4.87. The minimum atomic E-state index is -4.46. The highest BCUT2D eigenvalue weighted by atomic mass is 19.4. The van der Waals surface area contributed by atoms with Crippen LogP contribution in [-0.2, 0) is 17.4 Å². The number of alkyl halides is 3. The van der Waals surface area contributed by atoms with Gasteiger partial charge in [0, 0.05) is 12.6 Å². The molecule has 110 valence electrons. The van der Waals surface area contributed by atoms with Gasteiger partial charge in [-0.05, 0) is 24.5 Å². The molecule has 0 spiro atoms. The highest BCUT2D eigenvalue weighted by Crippen LogP contribution is 2.33. The van der Waals surface area contributed by atoms with Gasteiger partial charge in [0.1, 0.15) is 0 Å². The minimum absolute atomic E-state index is 0.0198. The molecule has 1 N–H and O–H groups in total. The van der Waals surface area contributed by atoms with Gasteiger partial charge in [0.15, 0.2) is 0 Å². The molecule has 0 radical (unpaired) electrons. The van der Waals surface area contributed by atoms with Gasteiger partial charge in [-0.25, -0.2) is 0 Å². The second-order valence-electron chi connectivity index (χ2n) is 4.87. The van der Waals surface area contributed by atoms with Crippen molar-refractivity contribution in [1.82, 2.24) is 4.90 Å². The number of carbonyl (C=O) groups excluding carboxylic acids is 1. The summed E-state index contributed by atoms with van der Waals surface area (Å²) < 4.78 is 38.6. The third kappa shape index (κ3) is 3.50. The van der Waals surface area contributed by atoms with Gasteiger partial charge in [0.2, 0.25) is 5.91 Å². The van der Waals surface area contributed by atoms with Crippen LogP contribution in [0.4, 0.5) is 13.2 Å². The molecule has 2 rings (SSSR count). The molecule has 1 aromatic rings. The molecule has 20 heavy (non-hydrogen) atoms. The van der Waals surface area contributed by atoms with Gasteiger partial charge in [0.25, 0.3) is 0 Å². The van der Waals surface area contributed by atoms with Crippen LogP contribution in [0.5, 0.6) is 0 Å². The summed E-state index contributed by atoms with van der Waals surface area (Å²) in [5.41, 5.74) is -0.790. The minimum Gasteiger partial charge on any atom is -0.395 e. The van der Waals surface area contributed by atoms with Crippen LogP contribution in [0.3, 0.4) is 0 Å². The van der Waals surface area contributed by atoms with E-state index < -0.39 is 11.7 Å². The fourth-order valence-electron chi connectivity index (χ4n) is 2.22. The van der Waals surface area contributed by atoms with Crippen molar-refractivity contribution in [2.75, 3.05) is 13.2 Å². The van der Waals surface area contributed by atoms with Crippen molar-refractivity contribution in [3.8, 4) is 0 Å². The quantitative estimate of drug-likeness (QED) is 0.902. The Morgan fingerprint density at radius 3 is 2.50 bits per heavy atom. The van der Waals surface area contributed by atoms with Crippen molar-refractivity contribution in [3.05, 3.63) is 35.4 Å². The maximum Gasteiger partial charge on any atom is 0.416 e. The summed E-state index contributed by atoms with van der Waals surface area (Å²) in [6, 6.07) is 5.18. The van der Waals surface area contributed by atoms with Gasteiger partial charge >= 0.3 is 6.18 Å². The van der Waals surface area contributed by atoms with E-state index in [4.69, 9.17) is 5.11 Å². The zero-order valence-corrected chi connectivity index (χ0v) is 10.9. The molecule has 0 atom stereocenters. The van der Waals surface area contributed by atoms with E-state index in [2.05, 4.69) is 0 Å².